The fraction of sp³-hybridized carbons (Fsp3) is 0.0741. The summed E-state index contributed by atoms with van der Waals surface area (Å²) in [6.45, 7) is 0. The van der Waals surface area contributed by atoms with Gasteiger partial charge >= 0.3 is 0 Å². The molecule has 0 N–H and O–H groups in total. The zero-order chi connectivity index (χ0) is 21.1. The van der Waals surface area contributed by atoms with Crippen LogP contribution in [0.3, 0.4) is 0 Å². The largest absolute Gasteiger partial charge is 0.290 e. The van der Waals surface area contributed by atoms with E-state index in [1.54, 1.807) is 6.33 Å². The first-order valence-electron chi connectivity index (χ1n) is 10.8. The number of hydrogen-bond acceptors (Lipinski definition) is 4. The summed E-state index contributed by atoms with van der Waals surface area (Å²) < 4.78 is 3.57. The summed E-state index contributed by atoms with van der Waals surface area (Å²) in [5.41, 5.74) is 6.79. The molecule has 4 aromatic heterocycles. The van der Waals surface area contributed by atoms with Crippen LogP contribution in [-0.4, -0.2) is 19.5 Å². The number of para-hydroxylation sites is 1. The maximum absolute atomic E-state index is 4.98. The Bertz CT molecular complexity index is 1670. The topological polar surface area (TPSA) is 43.6 Å². The van der Waals surface area contributed by atoms with Crippen molar-refractivity contribution in [3.8, 4) is 16.9 Å². The van der Waals surface area contributed by atoms with Crippen molar-refractivity contribution >= 4 is 49.4 Å². The molecule has 4 heterocycles. The van der Waals surface area contributed by atoms with Crippen LogP contribution in [-0.2, 0) is 6.42 Å². The summed E-state index contributed by atoms with van der Waals surface area (Å²) in [6.07, 6.45) is 12.3. The molecule has 0 amide bonds. The molecule has 0 atom stereocenters. The van der Waals surface area contributed by atoms with Crippen LogP contribution in [0, 0.1) is 0 Å². The summed E-state index contributed by atoms with van der Waals surface area (Å²) in [4.78, 5) is 15.5. The van der Waals surface area contributed by atoms with Crippen molar-refractivity contribution in [2.75, 3.05) is 0 Å². The Balaban J connectivity index is 1.67. The van der Waals surface area contributed by atoms with Crippen LogP contribution in [0.25, 0.3) is 55.0 Å². The molecular weight excluding hydrogens is 412 g/mol. The molecular formula is C27H18N4S. The highest BCUT2D eigenvalue weighted by atomic mass is 32.1. The van der Waals surface area contributed by atoms with Crippen LogP contribution in [0.2, 0.25) is 0 Å². The Morgan fingerprint density at radius 2 is 1.75 bits per heavy atom. The lowest BCUT2D eigenvalue weighted by atomic mass is 10.0. The van der Waals surface area contributed by atoms with Crippen molar-refractivity contribution in [2.45, 2.75) is 12.8 Å². The van der Waals surface area contributed by atoms with E-state index in [0.717, 1.165) is 51.7 Å². The van der Waals surface area contributed by atoms with Gasteiger partial charge < -0.3 is 0 Å². The molecule has 1 aliphatic rings. The van der Waals surface area contributed by atoms with E-state index < -0.39 is 0 Å². The molecule has 0 aliphatic heterocycles. The monoisotopic (exact) mass is 430 g/mol. The summed E-state index contributed by atoms with van der Waals surface area (Å²) in [5.74, 6) is 0.883. The predicted molar refractivity (Wildman–Crippen MR) is 132 cm³/mol. The van der Waals surface area contributed by atoms with Crippen molar-refractivity contribution < 1.29 is 0 Å². The van der Waals surface area contributed by atoms with Crippen molar-refractivity contribution in [1.82, 2.24) is 19.5 Å². The van der Waals surface area contributed by atoms with Gasteiger partial charge in [-0.05, 0) is 36.1 Å². The van der Waals surface area contributed by atoms with E-state index in [1.807, 2.05) is 23.6 Å². The third kappa shape index (κ3) is 2.46. The van der Waals surface area contributed by atoms with E-state index >= 15 is 0 Å². The van der Waals surface area contributed by atoms with Gasteiger partial charge in [0.1, 0.15) is 12.1 Å². The average Bonchev–Trinajstić information content (AvgIpc) is 3.40. The van der Waals surface area contributed by atoms with Crippen LogP contribution in [0.5, 0.6) is 0 Å². The van der Waals surface area contributed by atoms with Gasteiger partial charge in [0.2, 0.25) is 0 Å². The predicted octanol–water partition coefficient (Wildman–Crippen LogP) is 6.81. The van der Waals surface area contributed by atoms with Gasteiger partial charge in [-0.15, -0.1) is 11.3 Å². The van der Waals surface area contributed by atoms with Gasteiger partial charge in [-0.25, -0.2) is 9.97 Å². The van der Waals surface area contributed by atoms with Crippen molar-refractivity contribution in [1.29, 1.82) is 0 Å². The second kappa shape index (κ2) is 6.84. The number of fused-ring (bicyclic) bond motifs is 7. The van der Waals surface area contributed by atoms with Gasteiger partial charge in [-0.3, -0.25) is 9.55 Å². The summed E-state index contributed by atoms with van der Waals surface area (Å²) >= 11 is 1.86. The molecule has 6 aromatic rings. The lowest BCUT2D eigenvalue weighted by molar-refractivity contribution is 1.00. The van der Waals surface area contributed by atoms with Crippen molar-refractivity contribution in [2.24, 2.45) is 0 Å². The van der Waals surface area contributed by atoms with E-state index in [0.29, 0.717) is 0 Å². The first kappa shape index (κ1) is 17.8. The molecule has 32 heavy (non-hydrogen) atoms. The molecule has 0 fully saturated rings. The highest BCUT2D eigenvalue weighted by Crippen LogP contribution is 2.43. The van der Waals surface area contributed by atoms with E-state index in [4.69, 9.17) is 9.97 Å². The van der Waals surface area contributed by atoms with Gasteiger partial charge in [-0.1, -0.05) is 54.6 Å². The van der Waals surface area contributed by atoms with Gasteiger partial charge in [-0.2, -0.15) is 0 Å². The van der Waals surface area contributed by atoms with Crippen molar-refractivity contribution in [3.63, 3.8) is 0 Å². The summed E-state index contributed by atoms with van der Waals surface area (Å²) in [5, 5.41) is 2.41. The van der Waals surface area contributed by atoms with Gasteiger partial charge in [0.05, 0.1) is 21.3 Å². The Morgan fingerprint density at radius 3 is 2.69 bits per heavy atom. The zero-order valence-corrected chi connectivity index (χ0v) is 18.0. The van der Waals surface area contributed by atoms with Crippen molar-refractivity contribution in [3.05, 3.63) is 89.8 Å². The molecule has 0 saturated heterocycles. The molecule has 1 aliphatic carbocycles. The molecule has 152 valence electrons. The summed E-state index contributed by atoms with van der Waals surface area (Å²) in [6, 6.07) is 18.8. The number of hydrogen-bond donors (Lipinski definition) is 0. The molecule has 4 nitrogen and oxygen atoms in total. The summed E-state index contributed by atoms with van der Waals surface area (Å²) in [7, 11) is 0. The molecule has 5 heteroatoms. The van der Waals surface area contributed by atoms with E-state index in [2.05, 4.69) is 76.4 Å². The molecule has 0 saturated carbocycles. The molecule has 7 rings (SSSR count). The third-order valence-electron chi connectivity index (χ3n) is 6.28. The number of thiophene rings is 1. The molecule has 0 radical (unpaired) electrons. The smallest absolute Gasteiger partial charge is 0.149 e. The van der Waals surface area contributed by atoms with Gasteiger partial charge in [0.15, 0.2) is 0 Å². The maximum Gasteiger partial charge on any atom is 0.149 e. The Morgan fingerprint density at radius 1 is 0.875 bits per heavy atom. The number of aromatic nitrogens is 4. The SMILES string of the molecule is C1=Cc2sc3c(cnc4c5ccccc5n(-c5ncncc5-c5ccccc5)c43)c2CC1. The zero-order valence-electron chi connectivity index (χ0n) is 17.2. The fourth-order valence-corrected chi connectivity index (χ4v) is 6.14. The van der Waals surface area contributed by atoms with Crippen LogP contribution in [0.1, 0.15) is 16.9 Å². The van der Waals surface area contributed by atoms with E-state index in [9.17, 15) is 0 Å². The van der Waals surface area contributed by atoms with Crippen LogP contribution < -0.4 is 0 Å². The lowest BCUT2D eigenvalue weighted by Gasteiger charge is -2.12. The number of aryl methyl sites for hydroxylation is 1. The second-order valence-electron chi connectivity index (χ2n) is 8.06. The molecule has 0 unspecified atom stereocenters. The third-order valence-corrected chi connectivity index (χ3v) is 7.50. The minimum Gasteiger partial charge on any atom is -0.290 e. The van der Waals surface area contributed by atoms with E-state index in [-0.39, 0.29) is 0 Å². The maximum atomic E-state index is 4.98. The number of allylic oxidation sites excluding steroid dienone is 1. The lowest BCUT2D eigenvalue weighted by Crippen LogP contribution is -2.01. The van der Waals surface area contributed by atoms with Gasteiger partial charge in [0, 0.05) is 33.6 Å². The Labute approximate surface area is 188 Å². The minimum atomic E-state index is 0.883. The van der Waals surface area contributed by atoms with Crippen LogP contribution in [0.15, 0.2) is 79.4 Å². The number of pyridine rings is 1. The first-order valence-corrected chi connectivity index (χ1v) is 11.6. The van der Waals surface area contributed by atoms with Crippen LogP contribution >= 0.6 is 11.3 Å². The normalized spacial score (nSPS) is 13.2. The van der Waals surface area contributed by atoms with E-state index in [1.165, 1.54) is 20.5 Å². The Hall–Kier alpha value is -3.83. The highest BCUT2D eigenvalue weighted by molar-refractivity contribution is 7.21. The molecule has 0 bridgehead atoms. The standard InChI is InChI=1S/C27H18N4S/c1-2-8-17(9-3-1)20-14-28-16-30-27(20)31-22-12-6-4-11-19(22)24-25(31)26-21(15-29-24)18-10-5-7-13-23(18)32-26/h1-4,6-9,11-16H,5,10H2. The second-order valence-corrected chi connectivity index (χ2v) is 9.11. The highest BCUT2D eigenvalue weighted by Gasteiger charge is 2.22. The quantitative estimate of drug-likeness (QED) is 0.303. The number of benzene rings is 2. The molecule has 2 aromatic carbocycles. The minimum absolute atomic E-state index is 0.883. The number of rotatable bonds is 2. The molecule has 0 spiro atoms. The number of nitrogens with zero attached hydrogens (tertiary/aromatic N) is 4. The first-order chi connectivity index (χ1) is 15.9. The Kier molecular flexibility index (Phi) is 3.81. The fourth-order valence-electron chi connectivity index (χ4n) is 4.85. The average molecular weight is 431 g/mol. The van der Waals surface area contributed by atoms with Gasteiger partial charge in [0.25, 0.3) is 0 Å². The van der Waals surface area contributed by atoms with Crippen LogP contribution in [0.4, 0.5) is 0 Å².